The molecule has 0 unspecified atom stereocenters. The third-order valence-electron chi connectivity index (χ3n) is 5.78. The molecule has 28 heavy (non-hydrogen) atoms. The zero-order chi connectivity index (χ0) is 19.6. The number of hydrogen-bond acceptors (Lipinski definition) is 5. The van der Waals surface area contributed by atoms with Crippen LogP contribution in [0.4, 0.5) is 0 Å². The highest BCUT2D eigenvalue weighted by molar-refractivity contribution is 7.89. The minimum atomic E-state index is -3.45. The summed E-state index contributed by atoms with van der Waals surface area (Å²) in [5.74, 6) is 0.328. The van der Waals surface area contributed by atoms with Crippen molar-refractivity contribution in [1.29, 1.82) is 0 Å². The molecule has 1 aromatic carbocycles. The molecule has 2 saturated heterocycles. The van der Waals surface area contributed by atoms with Gasteiger partial charge in [-0.2, -0.15) is 4.31 Å². The van der Waals surface area contributed by atoms with Gasteiger partial charge in [0.2, 0.25) is 10.0 Å². The molecule has 7 heteroatoms. The Morgan fingerprint density at radius 2 is 1.89 bits per heavy atom. The molecule has 2 fully saturated rings. The Hall–Kier alpha value is -1.80. The maximum atomic E-state index is 12.8. The van der Waals surface area contributed by atoms with Crippen molar-refractivity contribution in [3.8, 4) is 0 Å². The van der Waals surface area contributed by atoms with E-state index in [-0.39, 0.29) is 5.60 Å². The van der Waals surface area contributed by atoms with Gasteiger partial charge in [-0.1, -0.05) is 17.7 Å². The maximum absolute atomic E-state index is 12.8. The summed E-state index contributed by atoms with van der Waals surface area (Å²) < 4.78 is 39.0. The SMILES string of the molecule is Cc1ccc(S(=O)(=O)N2CC3(C2)OCC[C@H]3CCOCc2ccncc2)cc1. The number of hydrogen-bond donors (Lipinski definition) is 0. The van der Waals surface area contributed by atoms with E-state index in [1.807, 2.05) is 31.2 Å². The summed E-state index contributed by atoms with van der Waals surface area (Å²) in [6.07, 6.45) is 5.35. The van der Waals surface area contributed by atoms with Gasteiger partial charge in [-0.15, -0.1) is 0 Å². The summed E-state index contributed by atoms with van der Waals surface area (Å²) >= 11 is 0. The van der Waals surface area contributed by atoms with Crippen LogP contribution in [0.25, 0.3) is 0 Å². The van der Waals surface area contributed by atoms with Gasteiger partial charge < -0.3 is 9.47 Å². The topological polar surface area (TPSA) is 68.7 Å². The molecule has 0 radical (unpaired) electrons. The van der Waals surface area contributed by atoms with E-state index in [0.29, 0.717) is 43.7 Å². The predicted molar refractivity (Wildman–Crippen MR) is 105 cm³/mol. The third kappa shape index (κ3) is 3.85. The van der Waals surface area contributed by atoms with Crippen LogP contribution in [-0.4, -0.2) is 49.6 Å². The molecule has 0 aliphatic carbocycles. The summed E-state index contributed by atoms with van der Waals surface area (Å²) in [5.41, 5.74) is 1.80. The van der Waals surface area contributed by atoms with E-state index in [2.05, 4.69) is 4.98 Å². The van der Waals surface area contributed by atoms with E-state index in [1.165, 1.54) is 4.31 Å². The number of rotatable bonds is 7. The number of ether oxygens (including phenoxy) is 2. The van der Waals surface area contributed by atoms with E-state index in [9.17, 15) is 8.42 Å². The number of pyridine rings is 1. The van der Waals surface area contributed by atoms with Crippen LogP contribution in [0, 0.1) is 12.8 Å². The van der Waals surface area contributed by atoms with Gasteiger partial charge in [0.05, 0.1) is 17.1 Å². The van der Waals surface area contributed by atoms with E-state index in [4.69, 9.17) is 9.47 Å². The molecular weight excluding hydrogens is 376 g/mol. The number of sulfonamides is 1. The maximum Gasteiger partial charge on any atom is 0.243 e. The van der Waals surface area contributed by atoms with Crippen molar-refractivity contribution < 1.29 is 17.9 Å². The fraction of sp³-hybridized carbons (Fsp3) is 0.476. The first-order valence-corrected chi connectivity index (χ1v) is 11.1. The van der Waals surface area contributed by atoms with Crippen molar-refractivity contribution in [1.82, 2.24) is 9.29 Å². The molecular formula is C21H26N2O4S. The Bertz CT molecular complexity index is 894. The molecule has 0 saturated carbocycles. The highest BCUT2D eigenvalue weighted by Crippen LogP contribution is 2.43. The minimum Gasteiger partial charge on any atom is -0.377 e. The molecule has 2 aromatic rings. The lowest BCUT2D eigenvalue weighted by Gasteiger charge is -2.49. The molecule has 6 nitrogen and oxygen atoms in total. The fourth-order valence-corrected chi connectivity index (χ4v) is 5.57. The molecule has 150 valence electrons. The molecule has 4 rings (SSSR count). The summed E-state index contributed by atoms with van der Waals surface area (Å²) in [5, 5.41) is 0. The Morgan fingerprint density at radius 3 is 2.61 bits per heavy atom. The van der Waals surface area contributed by atoms with Crippen molar-refractivity contribution in [3.05, 3.63) is 59.9 Å². The van der Waals surface area contributed by atoms with Gasteiger partial charge in [-0.25, -0.2) is 8.42 Å². The zero-order valence-electron chi connectivity index (χ0n) is 16.1. The summed E-state index contributed by atoms with van der Waals surface area (Å²) in [4.78, 5) is 4.35. The van der Waals surface area contributed by atoms with Crippen LogP contribution in [0.5, 0.6) is 0 Å². The summed E-state index contributed by atoms with van der Waals surface area (Å²) in [6, 6.07) is 10.9. The summed E-state index contributed by atoms with van der Waals surface area (Å²) in [6.45, 7) is 4.70. The van der Waals surface area contributed by atoms with Crippen LogP contribution in [0.2, 0.25) is 0 Å². The largest absolute Gasteiger partial charge is 0.377 e. The smallest absolute Gasteiger partial charge is 0.243 e. The van der Waals surface area contributed by atoms with Crippen LogP contribution in [0.15, 0.2) is 53.7 Å². The van der Waals surface area contributed by atoms with Crippen molar-refractivity contribution in [2.45, 2.75) is 36.9 Å². The second-order valence-electron chi connectivity index (χ2n) is 7.68. The molecule has 2 aliphatic heterocycles. The molecule has 1 spiro atoms. The molecule has 3 heterocycles. The van der Waals surface area contributed by atoms with Crippen molar-refractivity contribution in [2.75, 3.05) is 26.3 Å². The Morgan fingerprint density at radius 1 is 1.18 bits per heavy atom. The molecule has 0 amide bonds. The predicted octanol–water partition coefficient (Wildman–Crippen LogP) is 2.78. The third-order valence-corrected chi connectivity index (χ3v) is 7.58. The number of aryl methyl sites for hydroxylation is 1. The summed E-state index contributed by atoms with van der Waals surface area (Å²) in [7, 11) is -3.45. The zero-order valence-corrected chi connectivity index (χ0v) is 16.9. The molecule has 2 aliphatic rings. The van der Waals surface area contributed by atoms with Crippen LogP contribution >= 0.6 is 0 Å². The van der Waals surface area contributed by atoms with Crippen LogP contribution in [0.1, 0.15) is 24.0 Å². The number of nitrogens with zero attached hydrogens (tertiary/aromatic N) is 2. The van der Waals surface area contributed by atoms with Gasteiger partial charge in [-0.3, -0.25) is 4.98 Å². The van der Waals surface area contributed by atoms with Crippen LogP contribution in [-0.2, 0) is 26.1 Å². The molecule has 1 atom stereocenters. The average molecular weight is 403 g/mol. The van der Waals surface area contributed by atoms with Gasteiger partial charge in [0.1, 0.15) is 0 Å². The minimum absolute atomic E-state index is 0.328. The van der Waals surface area contributed by atoms with Crippen LogP contribution < -0.4 is 0 Å². The van der Waals surface area contributed by atoms with Crippen molar-refractivity contribution in [3.63, 3.8) is 0 Å². The lowest BCUT2D eigenvalue weighted by atomic mass is 9.80. The Kier molecular flexibility index (Phi) is 5.51. The lowest BCUT2D eigenvalue weighted by Crippen LogP contribution is -2.65. The van der Waals surface area contributed by atoms with Gasteiger partial charge in [0, 0.05) is 38.7 Å². The second kappa shape index (κ2) is 7.91. The first kappa shape index (κ1) is 19.5. The highest BCUT2D eigenvalue weighted by Gasteiger charge is 2.56. The molecule has 0 N–H and O–H groups in total. The van der Waals surface area contributed by atoms with Gasteiger partial charge in [0.15, 0.2) is 0 Å². The highest BCUT2D eigenvalue weighted by atomic mass is 32.2. The normalized spacial score (nSPS) is 21.7. The second-order valence-corrected chi connectivity index (χ2v) is 9.62. The van der Waals surface area contributed by atoms with E-state index < -0.39 is 10.0 Å². The van der Waals surface area contributed by atoms with E-state index in [0.717, 1.165) is 24.0 Å². The van der Waals surface area contributed by atoms with Crippen molar-refractivity contribution >= 4 is 10.0 Å². The first-order valence-electron chi connectivity index (χ1n) is 9.67. The van der Waals surface area contributed by atoms with E-state index in [1.54, 1.807) is 24.5 Å². The van der Waals surface area contributed by atoms with E-state index >= 15 is 0 Å². The van der Waals surface area contributed by atoms with Gasteiger partial charge in [0.25, 0.3) is 0 Å². The molecule has 1 aromatic heterocycles. The van der Waals surface area contributed by atoms with Crippen molar-refractivity contribution in [2.24, 2.45) is 5.92 Å². The Labute approximate surface area is 166 Å². The lowest BCUT2D eigenvalue weighted by molar-refractivity contribution is -0.105. The fourth-order valence-electron chi connectivity index (χ4n) is 4.02. The number of aromatic nitrogens is 1. The Balaban J connectivity index is 1.31. The van der Waals surface area contributed by atoms with Gasteiger partial charge in [-0.05, 0) is 55.5 Å². The first-order chi connectivity index (χ1) is 13.5. The standard InChI is InChI=1S/C21H26N2O4S/c1-17-2-4-20(5-3-17)28(24,25)23-15-21(16-23)19(9-13-27-21)8-12-26-14-18-6-10-22-11-7-18/h2-7,10-11,19H,8-9,12-16H2,1H3/t19-/m1/s1. The molecule has 0 bridgehead atoms. The average Bonchev–Trinajstić information content (AvgIpc) is 3.09. The van der Waals surface area contributed by atoms with Crippen LogP contribution in [0.3, 0.4) is 0 Å². The number of benzene rings is 1. The quantitative estimate of drug-likeness (QED) is 0.666. The van der Waals surface area contributed by atoms with Gasteiger partial charge >= 0.3 is 0 Å². The monoisotopic (exact) mass is 402 g/mol.